The van der Waals surface area contributed by atoms with E-state index < -0.39 is 0 Å². The molecule has 20 heavy (non-hydrogen) atoms. The number of hydrogen-bond donors (Lipinski definition) is 2. The van der Waals surface area contributed by atoms with Crippen LogP contribution in [-0.4, -0.2) is 45.5 Å². The zero-order valence-electron chi connectivity index (χ0n) is 12.7. The molecule has 1 aliphatic rings. The summed E-state index contributed by atoms with van der Waals surface area (Å²) in [6, 6.07) is 0. The Morgan fingerprint density at radius 3 is 2.80 bits per heavy atom. The third-order valence-corrected chi connectivity index (χ3v) is 4.33. The number of likely N-dealkylation sites (tertiary alicyclic amines) is 1. The van der Waals surface area contributed by atoms with Crippen molar-refractivity contribution in [2.24, 2.45) is 11.8 Å². The maximum atomic E-state index is 10.2. The molecule has 1 aliphatic heterocycles. The van der Waals surface area contributed by atoms with Crippen molar-refractivity contribution in [3.63, 3.8) is 0 Å². The normalized spacial score (nSPS) is 22.9. The van der Waals surface area contributed by atoms with Crippen LogP contribution < -0.4 is 5.73 Å². The number of anilines is 1. The predicted molar refractivity (Wildman–Crippen MR) is 81.3 cm³/mol. The van der Waals surface area contributed by atoms with Crippen molar-refractivity contribution in [3.05, 3.63) is 12.4 Å². The number of rotatable bonds is 5. The molecule has 2 rings (SSSR count). The highest BCUT2D eigenvalue weighted by Gasteiger charge is 2.21. The number of β-amino-alcohol motifs (C(OH)–C–C–N with tert-alkyl or cyclic N) is 1. The summed E-state index contributed by atoms with van der Waals surface area (Å²) in [5, 5.41) is 14.3. The Bertz CT molecular complexity index is 404. The van der Waals surface area contributed by atoms with Gasteiger partial charge >= 0.3 is 0 Å². The van der Waals surface area contributed by atoms with Gasteiger partial charge in [0.1, 0.15) is 0 Å². The van der Waals surface area contributed by atoms with Gasteiger partial charge in [-0.05, 0) is 44.2 Å². The molecule has 2 heterocycles. The highest BCUT2D eigenvalue weighted by Crippen LogP contribution is 2.24. The molecule has 1 aromatic rings. The summed E-state index contributed by atoms with van der Waals surface area (Å²) in [6.07, 6.45) is 6.81. The molecular weight excluding hydrogens is 252 g/mol. The lowest BCUT2D eigenvalue weighted by Gasteiger charge is -2.23. The van der Waals surface area contributed by atoms with E-state index in [-0.39, 0.29) is 6.10 Å². The minimum atomic E-state index is -0.384. The molecule has 1 fully saturated rings. The van der Waals surface area contributed by atoms with E-state index in [1.54, 1.807) is 17.1 Å². The van der Waals surface area contributed by atoms with Crippen molar-refractivity contribution in [2.75, 3.05) is 25.4 Å². The van der Waals surface area contributed by atoms with Crippen molar-refractivity contribution >= 4 is 5.69 Å². The molecule has 1 aromatic heterocycles. The van der Waals surface area contributed by atoms with Crippen LogP contribution in [0.25, 0.3) is 0 Å². The molecule has 5 heteroatoms. The van der Waals surface area contributed by atoms with Crippen LogP contribution >= 0.6 is 0 Å². The van der Waals surface area contributed by atoms with Crippen LogP contribution in [0.1, 0.15) is 33.1 Å². The third kappa shape index (κ3) is 4.49. The Hall–Kier alpha value is -1.07. The first-order chi connectivity index (χ1) is 9.54. The van der Waals surface area contributed by atoms with Crippen molar-refractivity contribution in [2.45, 2.75) is 45.8 Å². The second-order valence-electron chi connectivity index (χ2n) is 6.39. The summed E-state index contributed by atoms with van der Waals surface area (Å²) in [7, 11) is 0. The van der Waals surface area contributed by atoms with Gasteiger partial charge < -0.3 is 15.7 Å². The highest BCUT2D eigenvalue weighted by molar-refractivity contribution is 5.30. The van der Waals surface area contributed by atoms with Crippen molar-refractivity contribution in [1.29, 1.82) is 0 Å². The molecular formula is C15H28N4O. The van der Waals surface area contributed by atoms with Gasteiger partial charge in [-0.25, -0.2) is 0 Å². The van der Waals surface area contributed by atoms with E-state index in [1.807, 2.05) is 0 Å². The third-order valence-electron chi connectivity index (χ3n) is 4.33. The molecule has 2 atom stereocenters. The minimum absolute atomic E-state index is 0.384. The summed E-state index contributed by atoms with van der Waals surface area (Å²) in [5.74, 6) is 1.61. The van der Waals surface area contributed by atoms with E-state index in [4.69, 9.17) is 5.73 Å². The van der Waals surface area contributed by atoms with E-state index in [0.29, 0.717) is 12.2 Å². The number of nitrogen functional groups attached to an aromatic ring is 1. The van der Waals surface area contributed by atoms with Crippen molar-refractivity contribution in [3.8, 4) is 0 Å². The van der Waals surface area contributed by atoms with Crippen LogP contribution in [0.3, 0.4) is 0 Å². The maximum absolute atomic E-state index is 10.2. The summed E-state index contributed by atoms with van der Waals surface area (Å²) < 4.78 is 1.72. The van der Waals surface area contributed by atoms with Crippen LogP contribution in [0, 0.1) is 11.8 Å². The number of aliphatic hydroxyl groups excluding tert-OH is 1. The van der Waals surface area contributed by atoms with Crippen LogP contribution in [0.4, 0.5) is 5.69 Å². The Balaban J connectivity index is 1.78. The van der Waals surface area contributed by atoms with Gasteiger partial charge in [0.2, 0.25) is 0 Å². The number of nitrogens with two attached hydrogens (primary N) is 1. The SMILES string of the molecule is CC(C)C1CCCN(CC(O)Cn2cc(N)cn2)CC1. The van der Waals surface area contributed by atoms with Crippen LogP contribution in [0.2, 0.25) is 0 Å². The Labute approximate surface area is 121 Å². The average molecular weight is 280 g/mol. The lowest BCUT2D eigenvalue weighted by atomic mass is 9.89. The first kappa shape index (κ1) is 15.3. The van der Waals surface area contributed by atoms with Gasteiger partial charge in [-0.1, -0.05) is 13.8 Å². The molecule has 1 saturated heterocycles. The Kier molecular flexibility index (Phi) is 5.43. The minimum Gasteiger partial charge on any atom is -0.396 e. The summed E-state index contributed by atoms with van der Waals surface area (Å²) in [5.41, 5.74) is 6.27. The van der Waals surface area contributed by atoms with Crippen LogP contribution in [0.15, 0.2) is 12.4 Å². The quantitative estimate of drug-likeness (QED) is 0.859. The second kappa shape index (κ2) is 7.09. The van der Waals surface area contributed by atoms with Gasteiger partial charge in [-0.2, -0.15) is 5.10 Å². The molecule has 0 spiro atoms. The maximum Gasteiger partial charge on any atom is 0.0862 e. The molecule has 0 bridgehead atoms. The molecule has 0 aromatic carbocycles. The fourth-order valence-electron chi connectivity index (χ4n) is 3.08. The van der Waals surface area contributed by atoms with Crippen LogP contribution in [-0.2, 0) is 6.54 Å². The number of nitrogens with zero attached hydrogens (tertiary/aromatic N) is 3. The molecule has 5 nitrogen and oxygen atoms in total. The summed E-state index contributed by atoms with van der Waals surface area (Å²) in [6.45, 7) is 8.07. The highest BCUT2D eigenvalue weighted by atomic mass is 16.3. The predicted octanol–water partition coefficient (Wildman–Crippen LogP) is 1.58. The van der Waals surface area contributed by atoms with Crippen molar-refractivity contribution in [1.82, 2.24) is 14.7 Å². The molecule has 0 radical (unpaired) electrons. The fraction of sp³-hybridized carbons (Fsp3) is 0.800. The van der Waals surface area contributed by atoms with Gasteiger partial charge in [0, 0.05) is 12.7 Å². The molecule has 0 aliphatic carbocycles. The molecule has 114 valence electrons. The van der Waals surface area contributed by atoms with E-state index in [9.17, 15) is 5.11 Å². The van der Waals surface area contributed by atoms with Gasteiger partial charge in [-0.3, -0.25) is 4.68 Å². The average Bonchev–Trinajstić information content (AvgIpc) is 2.63. The number of aromatic nitrogens is 2. The van der Waals surface area contributed by atoms with Gasteiger partial charge in [0.25, 0.3) is 0 Å². The Morgan fingerprint density at radius 2 is 2.15 bits per heavy atom. The molecule has 2 unspecified atom stereocenters. The van der Waals surface area contributed by atoms with Crippen molar-refractivity contribution < 1.29 is 5.11 Å². The van der Waals surface area contributed by atoms with Gasteiger partial charge in [-0.15, -0.1) is 0 Å². The van der Waals surface area contributed by atoms with Gasteiger partial charge in [0.15, 0.2) is 0 Å². The van der Waals surface area contributed by atoms with E-state index in [2.05, 4.69) is 23.8 Å². The zero-order valence-corrected chi connectivity index (χ0v) is 12.7. The second-order valence-corrected chi connectivity index (χ2v) is 6.39. The van der Waals surface area contributed by atoms with E-state index in [0.717, 1.165) is 31.5 Å². The summed E-state index contributed by atoms with van der Waals surface area (Å²) >= 11 is 0. The number of hydrogen-bond acceptors (Lipinski definition) is 4. The lowest BCUT2D eigenvalue weighted by Crippen LogP contribution is -2.35. The first-order valence-corrected chi connectivity index (χ1v) is 7.73. The Morgan fingerprint density at radius 1 is 1.35 bits per heavy atom. The smallest absolute Gasteiger partial charge is 0.0862 e. The monoisotopic (exact) mass is 280 g/mol. The molecule has 0 saturated carbocycles. The van der Waals surface area contributed by atoms with E-state index >= 15 is 0 Å². The largest absolute Gasteiger partial charge is 0.396 e. The fourth-order valence-corrected chi connectivity index (χ4v) is 3.08. The molecule has 3 N–H and O–H groups in total. The standard InChI is InChI=1S/C15H28N4O/c1-12(2)13-4-3-6-18(7-5-13)10-15(20)11-19-9-14(16)8-17-19/h8-9,12-13,15,20H,3-7,10-11,16H2,1-2H3. The summed E-state index contributed by atoms with van der Waals surface area (Å²) in [4.78, 5) is 2.39. The van der Waals surface area contributed by atoms with Crippen LogP contribution in [0.5, 0.6) is 0 Å². The topological polar surface area (TPSA) is 67.3 Å². The van der Waals surface area contributed by atoms with Gasteiger partial charge in [0.05, 0.1) is 24.5 Å². The zero-order chi connectivity index (χ0) is 14.5. The number of aliphatic hydroxyl groups is 1. The van der Waals surface area contributed by atoms with E-state index in [1.165, 1.54) is 19.3 Å². The lowest BCUT2D eigenvalue weighted by molar-refractivity contribution is 0.0956. The molecule has 0 amide bonds. The first-order valence-electron chi connectivity index (χ1n) is 7.73.